The number of amides is 1. The van der Waals surface area contributed by atoms with Crippen LogP contribution >= 0.6 is 0 Å². The number of hydrogen-bond acceptors (Lipinski definition) is 4. The van der Waals surface area contributed by atoms with Crippen LogP contribution in [0.4, 0.5) is 0 Å². The van der Waals surface area contributed by atoms with Crippen molar-refractivity contribution in [1.82, 2.24) is 14.9 Å². The lowest BCUT2D eigenvalue weighted by Crippen LogP contribution is -2.35. The Hall–Kier alpha value is -2.99. The summed E-state index contributed by atoms with van der Waals surface area (Å²) >= 11 is 0. The SMILES string of the molecule is COCCN(Cc1cc2ccc(C)cc2[nH]c1=O)C(=O)c1ccccn1. The Labute approximate surface area is 151 Å². The van der Waals surface area contributed by atoms with Crippen LogP contribution in [0.2, 0.25) is 0 Å². The zero-order valence-electron chi connectivity index (χ0n) is 14.9. The second-order valence-electron chi connectivity index (χ2n) is 6.15. The molecule has 6 nitrogen and oxygen atoms in total. The van der Waals surface area contributed by atoms with Crippen LogP contribution in [0.15, 0.2) is 53.5 Å². The summed E-state index contributed by atoms with van der Waals surface area (Å²) in [5.74, 6) is -0.231. The van der Waals surface area contributed by atoms with Crippen LogP contribution in [-0.2, 0) is 11.3 Å². The first-order valence-corrected chi connectivity index (χ1v) is 8.40. The van der Waals surface area contributed by atoms with Crippen molar-refractivity contribution in [3.05, 3.63) is 75.8 Å². The number of H-pyrrole nitrogens is 1. The molecule has 2 heterocycles. The van der Waals surface area contributed by atoms with Crippen LogP contribution in [-0.4, -0.2) is 41.0 Å². The van der Waals surface area contributed by atoms with Gasteiger partial charge in [-0.1, -0.05) is 18.2 Å². The lowest BCUT2D eigenvalue weighted by Gasteiger charge is -2.22. The number of aryl methyl sites for hydroxylation is 1. The Morgan fingerprint density at radius 2 is 2.08 bits per heavy atom. The predicted octanol–water partition coefficient (Wildman–Crippen LogP) is 2.52. The van der Waals surface area contributed by atoms with Gasteiger partial charge in [-0.2, -0.15) is 0 Å². The van der Waals surface area contributed by atoms with Gasteiger partial charge in [0.05, 0.1) is 13.2 Å². The van der Waals surface area contributed by atoms with Gasteiger partial charge in [0.25, 0.3) is 11.5 Å². The number of rotatable bonds is 6. The molecule has 0 aliphatic heterocycles. The third kappa shape index (κ3) is 3.97. The van der Waals surface area contributed by atoms with Gasteiger partial charge in [0.2, 0.25) is 0 Å². The van der Waals surface area contributed by atoms with E-state index in [0.717, 1.165) is 16.5 Å². The Kier molecular flexibility index (Phi) is 5.43. The van der Waals surface area contributed by atoms with Crippen molar-refractivity contribution < 1.29 is 9.53 Å². The molecule has 0 unspecified atom stereocenters. The van der Waals surface area contributed by atoms with Crippen molar-refractivity contribution in [2.24, 2.45) is 0 Å². The molecule has 1 N–H and O–H groups in total. The number of methoxy groups -OCH3 is 1. The van der Waals surface area contributed by atoms with Crippen LogP contribution in [0.25, 0.3) is 10.9 Å². The fourth-order valence-corrected chi connectivity index (χ4v) is 2.79. The summed E-state index contributed by atoms with van der Waals surface area (Å²) in [6, 6.07) is 12.9. The van der Waals surface area contributed by atoms with Gasteiger partial charge in [-0.25, -0.2) is 0 Å². The molecule has 3 aromatic rings. The van der Waals surface area contributed by atoms with Gasteiger partial charge < -0.3 is 14.6 Å². The van der Waals surface area contributed by atoms with Crippen molar-refractivity contribution in [2.45, 2.75) is 13.5 Å². The summed E-state index contributed by atoms with van der Waals surface area (Å²) in [4.78, 5) is 33.8. The first kappa shape index (κ1) is 17.8. The third-order valence-electron chi connectivity index (χ3n) is 4.18. The summed E-state index contributed by atoms with van der Waals surface area (Å²) in [5.41, 5.74) is 2.55. The van der Waals surface area contributed by atoms with Gasteiger partial charge >= 0.3 is 0 Å². The third-order valence-corrected chi connectivity index (χ3v) is 4.18. The molecular formula is C20H21N3O3. The number of aromatic nitrogens is 2. The average molecular weight is 351 g/mol. The number of pyridine rings is 2. The molecule has 0 aliphatic carbocycles. The number of nitrogens with zero attached hydrogens (tertiary/aromatic N) is 2. The maximum atomic E-state index is 12.8. The highest BCUT2D eigenvalue weighted by Gasteiger charge is 2.18. The fourth-order valence-electron chi connectivity index (χ4n) is 2.79. The van der Waals surface area contributed by atoms with E-state index in [1.807, 2.05) is 31.2 Å². The Morgan fingerprint density at radius 1 is 1.23 bits per heavy atom. The topological polar surface area (TPSA) is 75.3 Å². The Balaban J connectivity index is 1.92. The number of aromatic amines is 1. The molecule has 0 radical (unpaired) electrons. The van der Waals surface area contributed by atoms with Crippen molar-refractivity contribution >= 4 is 16.8 Å². The predicted molar refractivity (Wildman–Crippen MR) is 100 cm³/mol. The number of ether oxygens (including phenoxy) is 1. The number of carbonyl (C=O) groups is 1. The van der Waals surface area contributed by atoms with Crippen LogP contribution in [0.1, 0.15) is 21.6 Å². The summed E-state index contributed by atoms with van der Waals surface area (Å²) in [6.45, 7) is 2.92. The summed E-state index contributed by atoms with van der Waals surface area (Å²) in [7, 11) is 1.58. The monoisotopic (exact) mass is 351 g/mol. The van der Waals surface area contributed by atoms with E-state index in [0.29, 0.717) is 24.4 Å². The highest BCUT2D eigenvalue weighted by atomic mass is 16.5. The standard InChI is InChI=1S/C20H21N3O3/c1-14-6-7-15-12-16(19(24)22-18(15)11-14)13-23(9-10-26-2)20(25)17-5-3-4-8-21-17/h3-8,11-12H,9-10,13H2,1-2H3,(H,22,24). The van der Waals surface area contributed by atoms with Crippen molar-refractivity contribution in [3.8, 4) is 0 Å². The summed E-state index contributed by atoms with van der Waals surface area (Å²) in [6.07, 6.45) is 1.58. The van der Waals surface area contributed by atoms with Crippen molar-refractivity contribution in [1.29, 1.82) is 0 Å². The molecule has 3 rings (SSSR count). The molecular weight excluding hydrogens is 330 g/mol. The fraction of sp³-hybridized carbons (Fsp3) is 0.250. The molecule has 26 heavy (non-hydrogen) atoms. The van der Waals surface area contributed by atoms with Crippen LogP contribution in [0.3, 0.4) is 0 Å². The number of benzene rings is 1. The number of fused-ring (bicyclic) bond motifs is 1. The molecule has 0 fully saturated rings. The second-order valence-corrected chi connectivity index (χ2v) is 6.15. The molecule has 6 heteroatoms. The van der Waals surface area contributed by atoms with Crippen molar-refractivity contribution in [2.75, 3.05) is 20.3 Å². The van der Waals surface area contributed by atoms with E-state index in [2.05, 4.69) is 9.97 Å². The molecule has 0 saturated heterocycles. The Morgan fingerprint density at radius 3 is 2.81 bits per heavy atom. The summed E-state index contributed by atoms with van der Waals surface area (Å²) < 4.78 is 5.11. The lowest BCUT2D eigenvalue weighted by atomic mass is 10.1. The highest BCUT2D eigenvalue weighted by Crippen LogP contribution is 2.14. The van der Waals surface area contributed by atoms with E-state index in [-0.39, 0.29) is 18.0 Å². The molecule has 0 aliphatic rings. The van der Waals surface area contributed by atoms with E-state index in [1.165, 1.54) is 0 Å². The second kappa shape index (κ2) is 7.93. The van der Waals surface area contributed by atoms with E-state index in [4.69, 9.17) is 4.74 Å². The molecule has 134 valence electrons. The number of carbonyl (C=O) groups excluding carboxylic acids is 1. The molecule has 0 saturated carbocycles. The average Bonchev–Trinajstić information content (AvgIpc) is 2.65. The van der Waals surface area contributed by atoms with E-state index in [9.17, 15) is 9.59 Å². The van der Waals surface area contributed by atoms with Crippen LogP contribution in [0.5, 0.6) is 0 Å². The van der Waals surface area contributed by atoms with Gasteiger partial charge in [-0.15, -0.1) is 0 Å². The zero-order valence-corrected chi connectivity index (χ0v) is 14.9. The largest absolute Gasteiger partial charge is 0.383 e. The molecule has 0 spiro atoms. The quantitative estimate of drug-likeness (QED) is 0.740. The number of nitrogens with one attached hydrogen (secondary N) is 1. The van der Waals surface area contributed by atoms with Gasteiger partial charge in [0.15, 0.2) is 0 Å². The zero-order chi connectivity index (χ0) is 18.5. The summed E-state index contributed by atoms with van der Waals surface area (Å²) in [5, 5.41) is 0.933. The van der Waals surface area contributed by atoms with Gasteiger partial charge in [0, 0.05) is 30.9 Å². The van der Waals surface area contributed by atoms with Gasteiger partial charge in [-0.05, 0) is 42.1 Å². The van der Waals surface area contributed by atoms with Gasteiger partial charge in [-0.3, -0.25) is 14.6 Å². The first-order valence-electron chi connectivity index (χ1n) is 8.40. The lowest BCUT2D eigenvalue weighted by molar-refractivity contribution is 0.0674. The van der Waals surface area contributed by atoms with Crippen LogP contribution in [0, 0.1) is 6.92 Å². The maximum absolute atomic E-state index is 12.8. The minimum absolute atomic E-state index is 0.192. The van der Waals surface area contributed by atoms with E-state index < -0.39 is 0 Å². The molecule has 1 amide bonds. The maximum Gasteiger partial charge on any atom is 0.272 e. The molecule has 2 aromatic heterocycles. The van der Waals surface area contributed by atoms with Crippen LogP contribution < -0.4 is 5.56 Å². The molecule has 0 atom stereocenters. The van der Waals surface area contributed by atoms with Gasteiger partial charge in [0.1, 0.15) is 5.69 Å². The first-order chi connectivity index (χ1) is 12.6. The minimum atomic E-state index is -0.231. The normalized spacial score (nSPS) is 10.8. The highest BCUT2D eigenvalue weighted by molar-refractivity contribution is 5.92. The Bertz CT molecular complexity index is 967. The van der Waals surface area contributed by atoms with E-state index >= 15 is 0 Å². The minimum Gasteiger partial charge on any atom is -0.383 e. The molecule has 1 aromatic carbocycles. The van der Waals surface area contributed by atoms with Crippen molar-refractivity contribution in [3.63, 3.8) is 0 Å². The molecule has 0 bridgehead atoms. The number of hydrogen-bond donors (Lipinski definition) is 1. The van der Waals surface area contributed by atoms with E-state index in [1.54, 1.807) is 36.4 Å². The smallest absolute Gasteiger partial charge is 0.272 e.